The quantitative estimate of drug-likeness (QED) is 0.650. The van der Waals surface area contributed by atoms with Crippen LogP contribution in [-0.2, 0) is 17.9 Å². The molecule has 0 unspecified atom stereocenters. The summed E-state index contributed by atoms with van der Waals surface area (Å²) in [5.41, 5.74) is 2.55. The lowest BCUT2D eigenvalue weighted by molar-refractivity contribution is -0.132. The molecule has 0 aliphatic rings. The molecule has 0 N–H and O–H groups in total. The van der Waals surface area contributed by atoms with Crippen molar-refractivity contribution in [3.8, 4) is 0 Å². The summed E-state index contributed by atoms with van der Waals surface area (Å²) in [6.45, 7) is 5.17. The van der Waals surface area contributed by atoms with Crippen molar-refractivity contribution in [2.45, 2.75) is 33.4 Å². The molecule has 140 valence electrons. The van der Waals surface area contributed by atoms with Gasteiger partial charge in [-0.1, -0.05) is 48.4 Å². The Hall–Kier alpha value is -2.66. The molecular weight excluding hydrogens is 362 g/mol. The van der Waals surface area contributed by atoms with Gasteiger partial charge in [0.15, 0.2) is 0 Å². The summed E-state index contributed by atoms with van der Waals surface area (Å²) in [6, 6.07) is 13.1. The Kier molecular flexibility index (Phi) is 5.91. The fourth-order valence-corrected chi connectivity index (χ4v) is 3.14. The van der Waals surface area contributed by atoms with Crippen molar-refractivity contribution in [2.75, 3.05) is 6.54 Å². The predicted octanol–water partition coefficient (Wildman–Crippen LogP) is 3.80. The molecule has 0 radical (unpaired) electrons. The monoisotopic (exact) mass is 383 g/mol. The van der Waals surface area contributed by atoms with Crippen LogP contribution < -0.4 is 5.56 Å². The van der Waals surface area contributed by atoms with E-state index in [0.29, 0.717) is 29.0 Å². The number of benzene rings is 2. The Bertz CT molecular complexity index is 1010. The van der Waals surface area contributed by atoms with Crippen molar-refractivity contribution in [3.05, 3.63) is 75.3 Å². The standard InChI is InChI=1S/C21H22ClN3O2/c1-3-10-24(12-16-6-4-15(2)5-7-16)20(26)13-25-14-23-19-9-8-17(22)11-18(19)21(25)27/h4-9,11,14H,3,10,12-13H2,1-2H3. The molecule has 0 aliphatic carbocycles. The van der Waals surface area contributed by atoms with Gasteiger partial charge in [-0.2, -0.15) is 0 Å². The Morgan fingerprint density at radius 1 is 1.19 bits per heavy atom. The van der Waals surface area contributed by atoms with E-state index in [0.717, 1.165) is 12.0 Å². The molecule has 3 aromatic rings. The van der Waals surface area contributed by atoms with Gasteiger partial charge in [0.2, 0.25) is 5.91 Å². The molecule has 6 heteroatoms. The summed E-state index contributed by atoms with van der Waals surface area (Å²) in [7, 11) is 0. The molecule has 1 heterocycles. The van der Waals surface area contributed by atoms with Gasteiger partial charge in [-0.25, -0.2) is 4.98 Å². The Labute approximate surface area is 163 Å². The van der Waals surface area contributed by atoms with Crippen molar-refractivity contribution >= 4 is 28.4 Å². The van der Waals surface area contributed by atoms with Crippen molar-refractivity contribution in [2.24, 2.45) is 0 Å². The number of halogens is 1. The average molecular weight is 384 g/mol. The number of nitrogens with zero attached hydrogens (tertiary/aromatic N) is 3. The molecule has 27 heavy (non-hydrogen) atoms. The Morgan fingerprint density at radius 3 is 2.63 bits per heavy atom. The smallest absolute Gasteiger partial charge is 0.261 e. The summed E-state index contributed by atoms with van der Waals surface area (Å²) in [6.07, 6.45) is 2.27. The first-order valence-corrected chi connectivity index (χ1v) is 9.33. The number of carbonyl (C=O) groups is 1. The highest BCUT2D eigenvalue weighted by molar-refractivity contribution is 6.31. The van der Waals surface area contributed by atoms with Crippen molar-refractivity contribution < 1.29 is 4.79 Å². The molecule has 0 atom stereocenters. The van der Waals surface area contributed by atoms with Gasteiger partial charge in [-0.3, -0.25) is 14.2 Å². The predicted molar refractivity (Wildman–Crippen MR) is 108 cm³/mol. The van der Waals surface area contributed by atoms with Gasteiger partial charge in [0.05, 0.1) is 17.2 Å². The summed E-state index contributed by atoms with van der Waals surface area (Å²) in [4.78, 5) is 31.6. The van der Waals surface area contributed by atoms with E-state index in [1.807, 2.05) is 38.1 Å². The zero-order chi connectivity index (χ0) is 19.4. The van der Waals surface area contributed by atoms with Crippen LogP contribution in [0.5, 0.6) is 0 Å². The van der Waals surface area contributed by atoms with Gasteiger partial charge in [-0.05, 0) is 37.1 Å². The molecule has 0 fully saturated rings. The molecule has 5 nitrogen and oxygen atoms in total. The van der Waals surface area contributed by atoms with Gasteiger partial charge in [0.25, 0.3) is 5.56 Å². The maximum absolute atomic E-state index is 12.8. The van der Waals surface area contributed by atoms with Gasteiger partial charge in [0.1, 0.15) is 6.54 Å². The van der Waals surface area contributed by atoms with E-state index in [1.54, 1.807) is 23.1 Å². The van der Waals surface area contributed by atoms with Crippen molar-refractivity contribution in [3.63, 3.8) is 0 Å². The first kappa shape index (κ1) is 19.1. The second-order valence-electron chi connectivity index (χ2n) is 6.64. The highest BCUT2D eigenvalue weighted by atomic mass is 35.5. The minimum Gasteiger partial charge on any atom is -0.337 e. The number of hydrogen-bond donors (Lipinski definition) is 0. The number of fused-ring (bicyclic) bond motifs is 1. The van der Waals surface area contributed by atoms with Gasteiger partial charge in [-0.15, -0.1) is 0 Å². The lowest BCUT2D eigenvalue weighted by Crippen LogP contribution is -2.36. The normalized spacial score (nSPS) is 10.9. The minimum atomic E-state index is -0.261. The third-order valence-corrected chi connectivity index (χ3v) is 4.67. The zero-order valence-corrected chi connectivity index (χ0v) is 16.2. The fraction of sp³-hybridized carbons (Fsp3) is 0.286. The van der Waals surface area contributed by atoms with Crippen molar-refractivity contribution in [1.82, 2.24) is 14.5 Å². The van der Waals surface area contributed by atoms with Gasteiger partial charge in [0, 0.05) is 18.1 Å². The van der Waals surface area contributed by atoms with Crippen LogP contribution in [0.3, 0.4) is 0 Å². The van der Waals surface area contributed by atoms with E-state index in [9.17, 15) is 9.59 Å². The number of amides is 1. The molecule has 0 bridgehead atoms. The third kappa shape index (κ3) is 4.55. The van der Waals surface area contributed by atoms with E-state index >= 15 is 0 Å². The lowest BCUT2D eigenvalue weighted by atomic mass is 10.1. The molecular formula is C21H22ClN3O2. The summed E-state index contributed by atoms with van der Waals surface area (Å²) >= 11 is 5.99. The molecule has 0 saturated carbocycles. The van der Waals surface area contributed by atoms with E-state index in [1.165, 1.54) is 16.5 Å². The number of carbonyl (C=O) groups excluding carboxylic acids is 1. The molecule has 1 aromatic heterocycles. The molecule has 1 amide bonds. The summed E-state index contributed by atoms with van der Waals surface area (Å²) in [5, 5.41) is 0.885. The number of aryl methyl sites for hydroxylation is 1. The van der Waals surface area contributed by atoms with Gasteiger partial charge >= 0.3 is 0 Å². The second-order valence-corrected chi connectivity index (χ2v) is 7.08. The number of hydrogen-bond acceptors (Lipinski definition) is 3. The Morgan fingerprint density at radius 2 is 1.93 bits per heavy atom. The molecule has 0 spiro atoms. The maximum atomic E-state index is 12.8. The molecule has 0 saturated heterocycles. The van der Waals surface area contributed by atoms with Crippen LogP contribution in [0, 0.1) is 6.92 Å². The maximum Gasteiger partial charge on any atom is 0.261 e. The Balaban J connectivity index is 1.83. The third-order valence-electron chi connectivity index (χ3n) is 4.43. The van der Waals surface area contributed by atoms with Crippen LogP contribution in [0.15, 0.2) is 53.6 Å². The second kappa shape index (κ2) is 8.35. The first-order chi connectivity index (χ1) is 13.0. The van der Waals surface area contributed by atoms with Gasteiger partial charge < -0.3 is 4.90 Å². The van der Waals surface area contributed by atoms with Crippen LogP contribution in [0.25, 0.3) is 10.9 Å². The van der Waals surface area contributed by atoms with Crippen LogP contribution in [0.2, 0.25) is 5.02 Å². The van der Waals surface area contributed by atoms with Crippen molar-refractivity contribution in [1.29, 1.82) is 0 Å². The SMILES string of the molecule is CCCN(Cc1ccc(C)cc1)C(=O)Cn1cnc2ccc(Cl)cc2c1=O. The average Bonchev–Trinajstić information content (AvgIpc) is 2.65. The number of aromatic nitrogens is 2. The lowest BCUT2D eigenvalue weighted by Gasteiger charge is -2.23. The van der Waals surface area contributed by atoms with Crippen LogP contribution in [-0.4, -0.2) is 26.9 Å². The highest BCUT2D eigenvalue weighted by Crippen LogP contribution is 2.14. The fourth-order valence-electron chi connectivity index (χ4n) is 2.97. The van der Waals surface area contributed by atoms with Crippen LogP contribution in [0.4, 0.5) is 0 Å². The molecule has 3 rings (SSSR count). The molecule has 0 aliphatic heterocycles. The van der Waals surface area contributed by atoms with Crippen LogP contribution in [0.1, 0.15) is 24.5 Å². The topological polar surface area (TPSA) is 55.2 Å². The first-order valence-electron chi connectivity index (χ1n) is 8.96. The number of rotatable bonds is 6. The van der Waals surface area contributed by atoms with E-state index in [2.05, 4.69) is 4.98 Å². The highest BCUT2D eigenvalue weighted by Gasteiger charge is 2.15. The molecule has 2 aromatic carbocycles. The minimum absolute atomic E-state index is 0.0415. The summed E-state index contributed by atoms with van der Waals surface area (Å²) < 4.78 is 1.35. The zero-order valence-electron chi connectivity index (χ0n) is 15.5. The van der Waals surface area contributed by atoms with E-state index < -0.39 is 0 Å². The van der Waals surface area contributed by atoms with Crippen LogP contribution >= 0.6 is 11.6 Å². The van der Waals surface area contributed by atoms with E-state index in [-0.39, 0.29) is 18.0 Å². The largest absolute Gasteiger partial charge is 0.337 e. The van der Waals surface area contributed by atoms with E-state index in [4.69, 9.17) is 11.6 Å². The summed E-state index contributed by atoms with van der Waals surface area (Å²) in [5.74, 6) is -0.109.